The minimum atomic E-state index is -0.562. The fourth-order valence-electron chi connectivity index (χ4n) is 2.97. The van der Waals surface area contributed by atoms with Gasteiger partial charge in [0.2, 0.25) is 5.91 Å². The quantitative estimate of drug-likeness (QED) is 0.606. The summed E-state index contributed by atoms with van der Waals surface area (Å²) in [6.45, 7) is 5.24. The lowest BCUT2D eigenvalue weighted by molar-refractivity contribution is -0.114. The fraction of sp³-hybridized carbons (Fsp3) is 0.174. The molecule has 1 amide bonds. The Morgan fingerprint density at radius 3 is 2.18 bits per heavy atom. The van der Waals surface area contributed by atoms with Crippen molar-refractivity contribution in [1.82, 2.24) is 0 Å². The van der Waals surface area contributed by atoms with Crippen LogP contribution in [0.15, 0.2) is 60.7 Å². The highest BCUT2D eigenvalue weighted by atomic mass is 19.1. The molecule has 0 saturated heterocycles. The van der Waals surface area contributed by atoms with Crippen LogP contribution in [0.5, 0.6) is 11.5 Å². The van der Waals surface area contributed by atoms with Crippen LogP contribution in [0, 0.1) is 5.82 Å². The molecule has 2 N–H and O–H groups in total. The second kappa shape index (κ2) is 8.13. The van der Waals surface area contributed by atoms with Gasteiger partial charge in [-0.25, -0.2) is 4.39 Å². The molecule has 0 bridgehead atoms. The third kappa shape index (κ3) is 4.31. The number of carbonyl (C=O) groups is 1. The van der Waals surface area contributed by atoms with Gasteiger partial charge < -0.3 is 15.2 Å². The minimum absolute atomic E-state index is 0.0618. The van der Waals surface area contributed by atoms with Crippen LogP contribution in [0.1, 0.15) is 20.8 Å². The molecule has 0 spiro atoms. The van der Waals surface area contributed by atoms with E-state index < -0.39 is 5.82 Å². The topological polar surface area (TPSA) is 58.6 Å². The van der Waals surface area contributed by atoms with Gasteiger partial charge in [-0.15, -0.1) is 0 Å². The molecule has 0 saturated carbocycles. The van der Waals surface area contributed by atoms with Crippen molar-refractivity contribution in [3.63, 3.8) is 0 Å². The van der Waals surface area contributed by atoms with E-state index in [1.807, 2.05) is 44.2 Å². The Morgan fingerprint density at radius 2 is 1.61 bits per heavy atom. The number of nitrogens with one attached hydrogen (secondary N) is 1. The smallest absolute Gasteiger partial charge is 0.221 e. The summed E-state index contributed by atoms with van der Waals surface area (Å²) in [5, 5.41) is 13.2. The number of amides is 1. The van der Waals surface area contributed by atoms with Gasteiger partial charge in [0.25, 0.3) is 0 Å². The van der Waals surface area contributed by atoms with E-state index in [1.54, 1.807) is 18.2 Å². The summed E-state index contributed by atoms with van der Waals surface area (Å²) in [7, 11) is 0. The van der Waals surface area contributed by atoms with Gasteiger partial charge >= 0.3 is 0 Å². The number of aromatic hydroxyl groups is 1. The van der Waals surface area contributed by atoms with Crippen LogP contribution in [-0.4, -0.2) is 17.1 Å². The van der Waals surface area contributed by atoms with E-state index in [0.29, 0.717) is 16.7 Å². The van der Waals surface area contributed by atoms with Crippen molar-refractivity contribution in [2.24, 2.45) is 0 Å². The summed E-state index contributed by atoms with van der Waals surface area (Å²) in [6, 6.07) is 17.2. The molecule has 3 rings (SSSR count). The van der Waals surface area contributed by atoms with Crippen LogP contribution in [0.2, 0.25) is 0 Å². The number of phenols is 1. The molecule has 3 aromatic rings. The van der Waals surface area contributed by atoms with E-state index in [0.717, 1.165) is 11.3 Å². The van der Waals surface area contributed by atoms with Gasteiger partial charge in [-0.1, -0.05) is 36.4 Å². The van der Waals surface area contributed by atoms with Gasteiger partial charge in [0.15, 0.2) is 0 Å². The van der Waals surface area contributed by atoms with E-state index in [-0.39, 0.29) is 23.4 Å². The number of hydrogen-bond acceptors (Lipinski definition) is 3. The Morgan fingerprint density at radius 1 is 1.00 bits per heavy atom. The standard InChI is InChI=1S/C23H22FNO3/c1-14(2)28-18-10-7-16(8-11-18)19-5-4-6-20(23(19)27)17-9-12-22(21(24)13-17)25-15(3)26/h4-14,27H,1-3H3,(H,25,26). The predicted octanol–water partition coefficient (Wildman–Crippen LogP) is 5.61. The summed E-state index contributed by atoms with van der Waals surface area (Å²) in [5.74, 6) is -0.0918. The maximum atomic E-state index is 14.3. The highest BCUT2D eigenvalue weighted by molar-refractivity contribution is 5.89. The number of hydrogen-bond donors (Lipinski definition) is 2. The molecular weight excluding hydrogens is 357 g/mol. The first kappa shape index (κ1) is 19.4. The zero-order valence-electron chi connectivity index (χ0n) is 16.0. The number of halogens is 1. The molecule has 144 valence electrons. The highest BCUT2D eigenvalue weighted by Crippen LogP contribution is 2.39. The van der Waals surface area contributed by atoms with Gasteiger partial charge in [-0.05, 0) is 49.2 Å². The molecule has 0 heterocycles. The monoisotopic (exact) mass is 379 g/mol. The molecule has 4 nitrogen and oxygen atoms in total. The van der Waals surface area contributed by atoms with Crippen LogP contribution in [0.4, 0.5) is 10.1 Å². The average Bonchev–Trinajstić information content (AvgIpc) is 2.64. The van der Waals surface area contributed by atoms with Crippen LogP contribution in [0.25, 0.3) is 22.3 Å². The van der Waals surface area contributed by atoms with Crippen molar-refractivity contribution < 1.29 is 19.0 Å². The molecule has 0 unspecified atom stereocenters. The number of phenolic OH excluding ortho intramolecular Hbond substituents is 1. The van der Waals surface area contributed by atoms with Crippen LogP contribution < -0.4 is 10.1 Å². The van der Waals surface area contributed by atoms with Crippen LogP contribution in [-0.2, 0) is 4.79 Å². The average molecular weight is 379 g/mol. The first-order chi connectivity index (χ1) is 13.3. The number of ether oxygens (including phenoxy) is 1. The lowest BCUT2D eigenvalue weighted by Gasteiger charge is -2.13. The van der Waals surface area contributed by atoms with Gasteiger partial charge in [-0.2, -0.15) is 0 Å². The van der Waals surface area contributed by atoms with Crippen molar-refractivity contribution in [2.75, 3.05) is 5.32 Å². The second-order valence-corrected chi connectivity index (χ2v) is 6.77. The molecule has 3 aromatic carbocycles. The Balaban J connectivity index is 1.95. The number of para-hydroxylation sites is 1. The molecule has 0 aliphatic heterocycles. The van der Waals surface area contributed by atoms with Crippen molar-refractivity contribution in [1.29, 1.82) is 0 Å². The summed E-state index contributed by atoms with van der Waals surface area (Å²) in [5.41, 5.74) is 2.59. The lowest BCUT2D eigenvalue weighted by atomic mass is 9.97. The number of benzene rings is 3. The lowest BCUT2D eigenvalue weighted by Crippen LogP contribution is -2.07. The van der Waals surface area contributed by atoms with Crippen molar-refractivity contribution >= 4 is 11.6 Å². The largest absolute Gasteiger partial charge is 0.507 e. The van der Waals surface area contributed by atoms with E-state index >= 15 is 0 Å². The van der Waals surface area contributed by atoms with Crippen molar-refractivity contribution in [2.45, 2.75) is 26.9 Å². The van der Waals surface area contributed by atoms with Gasteiger partial charge in [0.05, 0.1) is 11.8 Å². The Kier molecular flexibility index (Phi) is 5.64. The third-order valence-corrected chi connectivity index (χ3v) is 4.16. The molecule has 0 atom stereocenters. The number of anilines is 1. The fourth-order valence-corrected chi connectivity index (χ4v) is 2.97. The van der Waals surface area contributed by atoms with Gasteiger partial charge in [0.1, 0.15) is 17.3 Å². The zero-order valence-corrected chi connectivity index (χ0v) is 16.0. The van der Waals surface area contributed by atoms with Crippen LogP contribution >= 0.6 is 0 Å². The first-order valence-electron chi connectivity index (χ1n) is 9.01. The van der Waals surface area contributed by atoms with E-state index in [4.69, 9.17) is 4.74 Å². The maximum Gasteiger partial charge on any atom is 0.221 e. The predicted molar refractivity (Wildman–Crippen MR) is 109 cm³/mol. The molecule has 0 aliphatic carbocycles. The second-order valence-electron chi connectivity index (χ2n) is 6.77. The SMILES string of the molecule is CC(=O)Nc1ccc(-c2cccc(-c3ccc(OC(C)C)cc3)c2O)cc1F. The van der Waals surface area contributed by atoms with E-state index in [2.05, 4.69) is 5.32 Å². The number of carbonyl (C=O) groups excluding carboxylic acids is 1. The molecule has 0 fully saturated rings. The Bertz CT molecular complexity index is 997. The molecular formula is C23H22FNO3. The summed E-state index contributed by atoms with van der Waals surface area (Å²) in [6.07, 6.45) is 0.0814. The van der Waals surface area contributed by atoms with Crippen LogP contribution in [0.3, 0.4) is 0 Å². The summed E-state index contributed by atoms with van der Waals surface area (Å²) < 4.78 is 19.9. The summed E-state index contributed by atoms with van der Waals surface area (Å²) >= 11 is 0. The molecule has 5 heteroatoms. The van der Waals surface area contributed by atoms with Gasteiger partial charge in [-0.3, -0.25) is 4.79 Å². The molecule has 0 radical (unpaired) electrons. The molecule has 0 aromatic heterocycles. The third-order valence-electron chi connectivity index (χ3n) is 4.16. The maximum absolute atomic E-state index is 14.3. The highest BCUT2D eigenvalue weighted by Gasteiger charge is 2.13. The Labute approximate surface area is 163 Å². The summed E-state index contributed by atoms with van der Waals surface area (Å²) in [4.78, 5) is 11.1. The Hall–Kier alpha value is -3.34. The van der Waals surface area contributed by atoms with E-state index in [1.165, 1.54) is 19.1 Å². The van der Waals surface area contributed by atoms with E-state index in [9.17, 15) is 14.3 Å². The minimum Gasteiger partial charge on any atom is -0.507 e. The van der Waals surface area contributed by atoms with Crippen molar-refractivity contribution in [3.8, 4) is 33.8 Å². The molecule has 28 heavy (non-hydrogen) atoms. The van der Waals surface area contributed by atoms with Crippen molar-refractivity contribution in [3.05, 3.63) is 66.5 Å². The zero-order chi connectivity index (χ0) is 20.3. The van der Waals surface area contributed by atoms with Gasteiger partial charge in [0, 0.05) is 18.1 Å². The normalized spacial score (nSPS) is 10.8. The number of rotatable bonds is 5. The first-order valence-corrected chi connectivity index (χ1v) is 9.01. The molecule has 0 aliphatic rings.